The summed E-state index contributed by atoms with van der Waals surface area (Å²) in [5.74, 6) is -0.406. The third kappa shape index (κ3) is 2.72. The van der Waals surface area contributed by atoms with Crippen LogP contribution in [0, 0.1) is 0 Å². The highest BCUT2D eigenvalue weighted by molar-refractivity contribution is 6.03. The van der Waals surface area contributed by atoms with Gasteiger partial charge in [0.1, 0.15) is 6.04 Å². The van der Waals surface area contributed by atoms with Gasteiger partial charge in [0.25, 0.3) is 0 Å². The number of fused-ring (bicyclic) bond motifs is 1. The summed E-state index contributed by atoms with van der Waals surface area (Å²) >= 11 is 0. The van der Waals surface area contributed by atoms with Crippen LogP contribution in [-0.4, -0.2) is 60.0 Å². The minimum Gasteiger partial charge on any atom is -0.368 e. The molecule has 150 valence electrons. The molecule has 1 aromatic carbocycles. The summed E-state index contributed by atoms with van der Waals surface area (Å²) in [4.78, 5) is 31.1. The van der Waals surface area contributed by atoms with Crippen LogP contribution in [0.25, 0.3) is 0 Å². The average molecular weight is 383 g/mol. The molecule has 0 bridgehead atoms. The van der Waals surface area contributed by atoms with Crippen molar-refractivity contribution in [1.29, 1.82) is 0 Å². The molecule has 2 N–H and O–H groups in total. The second-order valence-electron chi connectivity index (χ2n) is 9.07. The highest BCUT2D eigenvalue weighted by Gasteiger charge is 2.51. The van der Waals surface area contributed by atoms with Gasteiger partial charge in [0.05, 0.1) is 6.04 Å². The Bertz CT molecular complexity index is 767. The van der Waals surface area contributed by atoms with Crippen LogP contribution in [0.3, 0.4) is 0 Å². The van der Waals surface area contributed by atoms with Gasteiger partial charge in [-0.2, -0.15) is 0 Å². The summed E-state index contributed by atoms with van der Waals surface area (Å²) in [7, 11) is 0. The Labute approximate surface area is 166 Å². The van der Waals surface area contributed by atoms with E-state index >= 15 is 0 Å². The van der Waals surface area contributed by atoms with Gasteiger partial charge in [-0.1, -0.05) is 18.6 Å². The molecular formula is C22H30N4O2. The molecule has 3 saturated heterocycles. The first kappa shape index (κ1) is 18.0. The van der Waals surface area contributed by atoms with E-state index in [4.69, 9.17) is 5.73 Å². The van der Waals surface area contributed by atoms with Crippen molar-refractivity contribution in [1.82, 2.24) is 9.80 Å². The van der Waals surface area contributed by atoms with Crippen molar-refractivity contribution >= 4 is 17.6 Å². The van der Waals surface area contributed by atoms with Crippen molar-refractivity contribution < 1.29 is 9.59 Å². The quantitative estimate of drug-likeness (QED) is 0.850. The maximum Gasteiger partial charge on any atom is 0.325 e. The highest BCUT2D eigenvalue weighted by atomic mass is 16.2. The second kappa shape index (κ2) is 6.76. The third-order valence-corrected chi connectivity index (χ3v) is 7.48. The molecule has 2 atom stereocenters. The normalized spacial score (nSPS) is 29.2. The number of hydrogen-bond acceptors (Lipinski definition) is 3. The van der Waals surface area contributed by atoms with Crippen molar-refractivity contribution in [2.45, 2.75) is 62.4 Å². The van der Waals surface area contributed by atoms with Crippen LogP contribution in [0.2, 0.25) is 0 Å². The molecule has 4 aliphatic rings. The van der Waals surface area contributed by atoms with Crippen LogP contribution in [-0.2, 0) is 10.2 Å². The summed E-state index contributed by atoms with van der Waals surface area (Å²) in [6.07, 6.45) is 8.21. The summed E-state index contributed by atoms with van der Waals surface area (Å²) in [6, 6.07) is 7.71. The topological polar surface area (TPSA) is 69.9 Å². The van der Waals surface area contributed by atoms with Crippen molar-refractivity contribution in [3.8, 4) is 0 Å². The monoisotopic (exact) mass is 382 g/mol. The lowest BCUT2D eigenvalue weighted by Crippen LogP contribution is -2.47. The van der Waals surface area contributed by atoms with Gasteiger partial charge in [-0.15, -0.1) is 0 Å². The van der Waals surface area contributed by atoms with E-state index in [2.05, 4.69) is 17.0 Å². The van der Waals surface area contributed by atoms with Gasteiger partial charge in [0.15, 0.2) is 0 Å². The van der Waals surface area contributed by atoms with Gasteiger partial charge in [-0.3, -0.25) is 9.69 Å². The molecule has 5 rings (SSSR count). The number of carbonyl (C=O) groups is 2. The number of hydrogen-bond donors (Lipinski definition) is 1. The Balaban J connectivity index is 1.40. The number of nitrogens with zero attached hydrogens (tertiary/aromatic N) is 3. The first-order valence-corrected chi connectivity index (χ1v) is 10.8. The fourth-order valence-electron chi connectivity index (χ4n) is 5.86. The molecule has 1 saturated carbocycles. The van der Waals surface area contributed by atoms with E-state index < -0.39 is 11.9 Å². The zero-order chi connectivity index (χ0) is 19.3. The number of urea groups is 1. The molecule has 1 aliphatic carbocycles. The first-order valence-electron chi connectivity index (χ1n) is 10.8. The highest BCUT2D eigenvalue weighted by Crippen LogP contribution is 2.45. The number of rotatable bonds is 5. The molecule has 6 heteroatoms. The van der Waals surface area contributed by atoms with Crippen LogP contribution >= 0.6 is 0 Å². The van der Waals surface area contributed by atoms with Crippen LogP contribution < -0.4 is 10.6 Å². The molecule has 0 spiro atoms. The minimum absolute atomic E-state index is 0.0715. The largest absolute Gasteiger partial charge is 0.368 e. The van der Waals surface area contributed by atoms with E-state index in [1.54, 1.807) is 4.90 Å². The lowest BCUT2D eigenvalue weighted by Gasteiger charge is -2.45. The maximum atomic E-state index is 12.9. The van der Waals surface area contributed by atoms with E-state index in [1.807, 2.05) is 17.0 Å². The number of anilines is 1. The van der Waals surface area contributed by atoms with Gasteiger partial charge in [0, 0.05) is 24.2 Å². The minimum atomic E-state index is -0.553. The molecule has 1 unspecified atom stereocenters. The number of benzene rings is 1. The predicted molar refractivity (Wildman–Crippen MR) is 108 cm³/mol. The van der Waals surface area contributed by atoms with Crippen molar-refractivity contribution in [2.75, 3.05) is 31.1 Å². The standard InChI is InChI=1S/C22H30N4O2/c23-20(27)19-18-5-3-14-25(18)21(28)26(19)17-8-6-16(7-9-17)22(10-4-11-22)15-24-12-1-2-13-24/h6-9,18-19H,1-5,10-15H2,(H2,23,27)/t18-,19?/m1/s1. The summed E-state index contributed by atoms with van der Waals surface area (Å²) < 4.78 is 0. The van der Waals surface area contributed by atoms with E-state index in [1.165, 1.54) is 50.8 Å². The molecule has 1 aromatic rings. The number of carbonyl (C=O) groups excluding carboxylic acids is 2. The first-order chi connectivity index (χ1) is 13.6. The number of amides is 3. The summed E-state index contributed by atoms with van der Waals surface area (Å²) in [5, 5.41) is 0. The molecule has 4 fully saturated rings. The van der Waals surface area contributed by atoms with E-state index in [-0.39, 0.29) is 17.5 Å². The van der Waals surface area contributed by atoms with E-state index in [9.17, 15) is 9.59 Å². The zero-order valence-electron chi connectivity index (χ0n) is 16.5. The van der Waals surface area contributed by atoms with E-state index in [0.717, 1.165) is 31.6 Å². The van der Waals surface area contributed by atoms with Crippen molar-refractivity contribution in [2.24, 2.45) is 5.73 Å². The number of likely N-dealkylation sites (tertiary alicyclic amines) is 1. The van der Waals surface area contributed by atoms with Crippen molar-refractivity contribution in [3.05, 3.63) is 29.8 Å². The molecule has 3 heterocycles. The van der Waals surface area contributed by atoms with Crippen LogP contribution in [0.5, 0.6) is 0 Å². The molecular weight excluding hydrogens is 352 g/mol. The molecule has 6 nitrogen and oxygen atoms in total. The van der Waals surface area contributed by atoms with Gasteiger partial charge >= 0.3 is 6.03 Å². The molecule has 0 radical (unpaired) electrons. The number of primary amides is 1. The van der Waals surface area contributed by atoms with Gasteiger partial charge < -0.3 is 15.5 Å². The predicted octanol–water partition coefficient (Wildman–Crippen LogP) is 2.46. The van der Waals surface area contributed by atoms with Crippen LogP contribution in [0.4, 0.5) is 10.5 Å². The lowest BCUT2D eigenvalue weighted by atomic mass is 9.64. The molecule has 3 aliphatic heterocycles. The fourth-order valence-corrected chi connectivity index (χ4v) is 5.86. The van der Waals surface area contributed by atoms with Crippen LogP contribution in [0.15, 0.2) is 24.3 Å². The Morgan fingerprint density at radius 2 is 1.75 bits per heavy atom. The second-order valence-corrected chi connectivity index (χ2v) is 9.07. The van der Waals surface area contributed by atoms with Crippen molar-refractivity contribution in [3.63, 3.8) is 0 Å². The number of nitrogens with two attached hydrogens (primary N) is 1. The Kier molecular flexibility index (Phi) is 4.34. The molecule has 3 amide bonds. The zero-order valence-corrected chi connectivity index (χ0v) is 16.5. The fraction of sp³-hybridized carbons (Fsp3) is 0.636. The average Bonchev–Trinajstić information content (AvgIpc) is 3.37. The Hall–Kier alpha value is -2.08. The smallest absolute Gasteiger partial charge is 0.325 e. The molecule has 28 heavy (non-hydrogen) atoms. The van der Waals surface area contributed by atoms with E-state index in [0.29, 0.717) is 0 Å². The Morgan fingerprint density at radius 3 is 2.36 bits per heavy atom. The maximum absolute atomic E-state index is 12.9. The summed E-state index contributed by atoms with van der Waals surface area (Å²) in [6.45, 7) is 4.31. The van der Waals surface area contributed by atoms with Gasteiger partial charge in [-0.25, -0.2) is 4.79 Å². The summed E-state index contributed by atoms with van der Waals surface area (Å²) in [5.41, 5.74) is 8.13. The third-order valence-electron chi connectivity index (χ3n) is 7.48. The van der Waals surface area contributed by atoms with Gasteiger partial charge in [-0.05, 0) is 69.3 Å². The molecule has 0 aromatic heterocycles. The van der Waals surface area contributed by atoms with Crippen LogP contribution in [0.1, 0.15) is 50.5 Å². The SMILES string of the molecule is NC(=O)C1[C@H]2CCCN2C(=O)N1c1ccc(C2(CN3CCCC3)CCC2)cc1. The lowest BCUT2D eigenvalue weighted by molar-refractivity contribution is -0.119. The Morgan fingerprint density at radius 1 is 1.04 bits per heavy atom. The van der Waals surface area contributed by atoms with Gasteiger partial charge in [0.2, 0.25) is 5.91 Å².